The van der Waals surface area contributed by atoms with Crippen LogP contribution in [0.1, 0.15) is 44.0 Å². The molecule has 0 bridgehead atoms. The molecule has 0 unspecified atom stereocenters. The van der Waals surface area contributed by atoms with Gasteiger partial charge in [0.2, 0.25) is 0 Å². The maximum Gasteiger partial charge on any atom is 0.309 e. The molecule has 0 spiro atoms. The number of fused-ring (bicyclic) bond motifs is 1. The van der Waals surface area contributed by atoms with Gasteiger partial charge in [-0.15, -0.1) is 0 Å². The number of rotatable bonds is 5. The molecular formula is C20H24BrNO5. The number of benzene rings is 1. The molecule has 1 aliphatic rings. The van der Waals surface area contributed by atoms with Crippen molar-refractivity contribution in [3.63, 3.8) is 0 Å². The van der Waals surface area contributed by atoms with E-state index in [4.69, 9.17) is 13.9 Å². The summed E-state index contributed by atoms with van der Waals surface area (Å²) in [4.78, 5) is 26.6. The van der Waals surface area contributed by atoms with E-state index in [1.807, 2.05) is 19.9 Å². The number of nitrogens with zero attached hydrogens (tertiary/aromatic N) is 1. The highest BCUT2D eigenvalue weighted by atomic mass is 79.9. The zero-order valence-electron chi connectivity index (χ0n) is 15.8. The normalized spacial score (nSPS) is 15.4. The minimum atomic E-state index is -0.168. The molecule has 7 heteroatoms. The number of likely N-dealkylation sites (tertiary alicyclic amines) is 1. The first-order valence-corrected chi connectivity index (χ1v) is 10.0. The van der Waals surface area contributed by atoms with E-state index in [1.54, 1.807) is 24.0 Å². The van der Waals surface area contributed by atoms with Crippen molar-refractivity contribution in [3.05, 3.63) is 28.4 Å². The lowest BCUT2D eigenvalue weighted by atomic mass is 9.96. The van der Waals surface area contributed by atoms with E-state index in [1.165, 1.54) is 0 Å². The summed E-state index contributed by atoms with van der Waals surface area (Å²) in [7, 11) is 0. The first-order chi connectivity index (χ1) is 12.9. The minimum absolute atomic E-state index is 0.0208. The van der Waals surface area contributed by atoms with Crippen LogP contribution in [-0.4, -0.2) is 42.6 Å². The summed E-state index contributed by atoms with van der Waals surface area (Å²) in [6.07, 6.45) is 1.22. The third kappa shape index (κ3) is 4.46. The van der Waals surface area contributed by atoms with Crippen molar-refractivity contribution in [2.75, 3.05) is 19.7 Å². The highest BCUT2D eigenvalue weighted by Gasteiger charge is 2.29. The number of furan rings is 1. The zero-order valence-corrected chi connectivity index (χ0v) is 17.4. The van der Waals surface area contributed by atoms with Gasteiger partial charge in [0.05, 0.1) is 24.0 Å². The van der Waals surface area contributed by atoms with Crippen LogP contribution in [0.5, 0.6) is 5.75 Å². The van der Waals surface area contributed by atoms with Crippen molar-refractivity contribution in [1.82, 2.24) is 4.90 Å². The Labute approximate surface area is 166 Å². The van der Waals surface area contributed by atoms with Crippen molar-refractivity contribution >= 4 is 38.8 Å². The van der Waals surface area contributed by atoms with Crippen LogP contribution in [0.4, 0.5) is 0 Å². The smallest absolute Gasteiger partial charge is 0.309 e. The summed E-state index contributed by atoms with van der Waals surface area (Å²) in [5.74, 6) is 0.249. The molecular weight excluding hydrogens is 414 g/mol. The van der Waals surface area contributed by atoms with Gasteiger partial charge in [-0.2, -0.15) is 0 Å². The Morgan fingerprint density at radius 2 is 1.96 bits per heavy atom. The summed E-state index contributed by atoms with van der Waals surface area (Å²) >= 11 is 3.33. The van der Waals surface area contributed by atoms with Gasteiger partial charge < -0.3 is 18.8 Å². The number of hydrogen-bond acceptors (Lipinski definition) is 5. The van der Waals surface area contributed by atoms with Gasteiger partial charge in [0.1, 0.15) is 11.3 Å². The van der Waals surface area contributed by atoms with Gasteiger partial charge in [0.25, 0.3) is 5.91 Å². The predicted octanol–water partition coefficient (Wildman–Crippen LogP) is 4.40. The van der Waals surface area contributed by atoms with Crippen molar-refractivity contribution in [2.24, 2.45) is 5.92 Å². The van der Waals surface area contributed by atoms with E-state index in [2.05, 4.69) is 15.9 Å². The molecule has 0 radical (unpaired) electrons. The highest BCUT2D eigenvalue weighted by molar-refractivity contribution is 9.10. The van der Waals surface area contributed by atoms with E-state index in [9.17, 15) is 9.59 Å². The van der Waals surface area contributed by atoms with Crippen LogP contribution in [0.15, 0.2) is 27.3 Å². The van der Waals surface area contributed by atoms with Crippen molar-refractivity contribution in [3.8, 4) is 5.75 Å². The molecule has 3 rings (SSSR count). The number of carbonyl (C=O) groups excluding carboxylic acids is 2. The maximum atomic E-state index is 13.0. The Kier molecular flexibility index (Phi) is 6.09. The van der Waals surface area contributed by atoms with Crippen LogP contribution in [0.3, 0.4) is 0 Å². The van der Waals surface area contributed by atoms with Crippen LogP contribution in [0.25, 0.3) is 11.0 Å². The van der Waals surface area contributed by atoms with Crippen LogP contribution in [0.2, 0.25) is 0 Å². The molecule has 1 aromatic carbocycles. The summed E-state index contributed by atoms with van der Waals surface area (Å²) in [5.41, 5.74) is 1.12. The molecule has 1 fully saturated rings. The van der Waals surface area contributed by atoms with Crippen molar-refractivity contribution < 1.29 is 23.5 Å². The first-order valence-electron chi connectivity index (χ1n) is 9.24. The van der Waals surface area contributed by atoms with E-state index in [0.29, 0.717) is 54.1 Å². The molecule has 0 atom stereocenters. The third-order valence-electron chi connectivity index (χ3n) is 4.58. The number of piperidine rings is 1. The van der Waals surface area contributed by atoms with Gasteiger partial charge in [-0.25, -0.2) is 0 Å². The topological polar surface area (TPSA) is 69.0 Å². The number of esters is 1. The van der Waals surface area contributed by atoms with E-state index in [0.717, 1.165) is 5.39 Å². The highest BCUT2D eigenvalue weighted by Crippen LogP contribution is 2.34. The van der Waals surface area contributed by atoms with Gasteiger partial charge in [-0.05, 0) is 61.7 Å². The van der Waals surface area contributed by atoms with Gasteiger partial charge in [-0.3, -0.25) is 9.59 Å². The Balaban J connectivity index is 1.79. The summed E-state index contributed by atoms with van der Waals surface area (Å²) in [6.45, 7) is 7.13. The molecule has 1 aromatic heterocycles. The van der Waals surface area contributed by atoms with Crippen LogP contribution < -0.4 is 4.74 Å². The molecule has 146 valence electrons. The molecule has 27 heavy (non-hydrogen) atoms. The largest absolute Gasteiger partial charge is 0.490 e. The van der Waals surface area contributed by atoms with Crippen LogP contribution in [-0.2, 0) is 9.53 Å². The van der Waals surface area contributed by atoms with Crippen molar-refractivity contribution in [1.29, 1.82) is 0 Å². The second-order valence-corrected chi connectivity index (χ2v) is 7.70. The molecule has 1 amide bonds. The fourth-order valence-corrected chi connectivity index (χ4v) is 3.71. The summed E-state index contributed by atoms with van der Waals surface area (Å²) in [5, 5.41) is 0.827. The summed E-state index contributed by atoms with van der Waals surface area (Å²) < 4.78 is 17.2. The first kappa shape index (κ1) is 19.7. The molecule has 2 heterocycles. The monoisotopic (exact) mass is 437 g/mol. The lowest BCUT2D eigenvalue weighted by Crippen LogP contribution is -2.40. The third-order valence-corrected chi connectivity index (χ3v) is 4.97. The van der Waals surface area contributed by atoms with Gasteiger partial charge >= 0.3 is 5.97 Å². The average Bonchev–Trinajstić information content (AvgIpc) is 3.01. The number of amides is 1. The SMILES string of the molecule is CCOC(=O)C1CCN(C(=O)c2cc(OC(C)C)c3cc(Br)oc3c2)CC1. The second kappa shape index (κ2) is 8.33. The second-order valence-electron chi connectivity index (χ2n) is 6.92. The maximum absolute atomic E-state index is 13.0. The Bertz CT molecular complexity index is 836. The Morgan fingerprint density at radius 1 is 1.26 bits per heavy atom. The number of halogens is 1. The predicted molar refractivity (Wildman–Crippen MR) is 105 cm³/mol. The lowest BCUT2D eigenvalue weighted by Gasteiger charge is -2.31. The number of hydrogen-bond donors (Lipinski definition) is 0. The van der Waals surface area contributed by atoms with E-state index < -0.39 is 0 Å². The molecule has 0 aliphatic carbocycles. The van der Waals surface area contributed by atoms with E-state index in [-0.39, 0.29) is 23.9 Å². The number of carbonyl (C=O) groups is 2. The van der Waals surface area contributed by atoms with Crippen molar-refractivity contribution in [2.45, 2.75) is 39.7 Å². The average molecular weight is 438 g/mol. The Morgan fingerprint density at radius 3 is 2.59 bits per heavy atom. The molecule has 2 aromatic rings. The minimum Gasteiger partial charge on any atom is -0.490 e. The zero-order chi connectivity index (χ0) is 19.6. The fourth-order valence-electron chi connectivity index (χ4n) is 3.31. The number of ether oxygens (including phenoxy) is 2. The molecule has 1 saturated heterocycles. The van der Waals surface area contributed by atoms with Gasteiger partial charge in [-0.1, -0.05) is 0 Å². The summed E-state index contributed by atoms with van der Waals surface area (Å²) in [6, 6.07) is 5.35. The lowest BCUT2D eigenvalue weighted by molar-refractivity contribution is -0.149. The van der Waals surface area contributed by atoms with Gasteiger partial charge in [0.15, 0.2) is 4.67 Å². The molecule has 6 nitrogen and oxygen atoms in total. The van der Waals surface area contributed by atoms with Gasteiger partial charge in [0, 0.05) is 24.7 Å². The molecule has 1 aliphatic heterocycles. The Hall–Kier alpha value is -2.02. The quantitative estimate of drug-likeness (QED) is 0.648. The molecule has 0 saturated carbocycles. The molecule has 0 N–H and O–H groups in total. The fraction of sp³-hybridized carbons (Fsp3) is 0.500. The van der Waals surface area contributed by atoms with E-state index >= 15 is 0 Å². The standard InChI is InChI=1S/C20H24BrNO5/c1-4-25-20(24)13-5-7-22(8-6-13)19(23)14-9-16(26-12(2)3)15-11-18(21)27-17(15)10-14/h9-13H,4-8H2,1-3H3. The van der Waals surface area contributed by atoms with Crippen LogP contribution >= 0.6 is 15.9 Å². The van der Waals surface area contributed by atoms with Crippen LogP contribution in [0, 0.1) is 5.92 Å².